The Bertz CT molecular complexity index is 6.85. The van der Waals surface area contributed by atoms with Gasteiger partial charge in [0.1, 0.15) is 0 Å². The van der Waals surface area contributed by atoms with Crippen LogP contribution in [-0.4, -0.2) is 51.7 Å². The van der Waals surface area contributed by atoms with Crippen molar-refractivity contribution in [2.75, 3.05) is 0 Å². The molecule has 2 radical (unpaired) electrons. The molecule has 0 fully saturated rings. The molecule has 0 bridgehead atoms. The predicted octanol–water partition coefficient (Wildman–Crippen LogP) is -1.76. The van der Waals surface area contributed by atoms with Crippen molar-refractivity contribution in [1.29, 1.82) is 0 Å². The van der Waals surface area contributed by atoms with E-state index in [-0.39, 0.29) is 92.2 Å². The summed E-state index contributed by atoms with van der Waals surface area (Å²) in [6, 6.07) is 0. The summed E-state index contributed by atoms with van der Waals surface area (Å²) in [4.78, 5) is 0. The molecule has 0 aromatic rings. The van der Waals surface area contributed by atoms with Crippen LogP contribution in [0.4, 0.5) is 0 Å². The van der Waals surface area contributed by atoms with E-state index in [1.54, 1.807) is 0 Å². The molecule has 0 nitrogen and oxygen atoms in total. The molecule has 0 saturated heterocycles. The van der Waals surface area contributed by atoms with Gasteiger partial charge in [0.2, 0.25) is 0 Å². The van der Waals surface area contributed by atoms with Gasteiger partial charge < -0.3 is 0 Å². The van der Waals surface area contributed by atoms with Gasteiger partial charge in [0.25, 0.3) is 0 Å². The maximum atomic E-state index is 0. The van der Waals surface area contributed by atoms with Gasteiger partial charge in [0, 0.05) is 0 Å². The van der Waals surface area contributed by atoms with E-state index in [2.05, 4.69) is 0 Å². The summed E-state index contributed by atoms with van der Waals surface area (Å²) in [6.07, 6.45) is 0. The fourth-order valence-corrected chi connectivity index (χ4v) is 0. The summed E-state index contributed by atoms with van der Waals surface area (Å²) in [5.41, 5.74) is 0. The van der Waals surface area contributed by atoms with Crippen LogP contribution >= 0.6 is 40.5 Å². The minimum absolute atomic E-state index is 0. The molecule has 0 rings (SSSR count). The van der Waals surface area contributed by atoms with Crippen LogP contribution in [0.15, 0.2) is 0 Å². The van der Waals surface area contributed by atoms with Crippen molar-refractivity contribution >= 4 is 92.2 Å². The van der Waals surface area contributed by atoms with Crippen LogP contribution in [0.1, 0.15) is 0 Å². The maximum absolute atomic E-state index is 0. The molecule has 5 heavy (non-hydrogen) atoms. The van der Waals surface area contributed by atoms with E-state index < -0.39 is 0 Å². The summed E-state index contributed by atoms with van der Waals surface area (Å²) in [5.74, 6) is 0. The van der Waals surface area contributed by atoms with Crippen molar-refractivity contribution in [2.24, 2.45) is 0 Å². The van der Waals surface area contributed by atoms with E-state index in [0.717, 1.165) is 0 Å². The van der Waals surface area contributed by atoms with Crippen molar-refractivity contribution in [3.05, 3.63) is 0 Å². The third-order valence-corrected chi connectivity index (χ3v) is 0. The van der Waals surface area contributed by atoms with Gasteiger partial charge in [0.05, 0.1) is 0 Å². The Morgan fingerprint density at radius 3 is 0.600 bits per heavy atom. The van der Waals surface area contributed by atoms with Gasteiger partial charge in [-0.3, -0.25) is 0 Å². The fraction of sp³-hybridized carbons (Fsp3) is 0. The van der Waals surface area contributed by atoms with E-state index in [0.29, 0.717) is 0 Å². The van der Waals surface area contributed by atoms with Gasteiger partial charge in [0.15, 0.2) is 0 Å². The van der Waals surface area contributed by atoms with Crippen molar-refractivity contribution in [2.45, 2.75) is 0 Å². The summed E-state index contributed by atoms with van der Waals surface area (Å²) in [5, 5.41) is 0. The number of hydrogen-bond acceptors (Lipinski definition) is 0. The molecule has 38 valence electrons. The van der Waals surface area contributed by atoms with E-state index in [9.17, 15) is 0 Å². The van der Waals surface area contributed by atoms with Gasteiger partial charge in [-0.2, -0.15) is 40.5 Å². The number of hydrogen-bond donors (Lipinski definition) is 0. The zero-order valence-corrected chi connectivity index (χ0v) is 15.4. The van der Waals surface area contributed by atoms with Gasteiger partial charge in [-0.25, -0.2) is 0 Å². The fourth-order valence-electron chi connectivity index (χ4n) is 0. The Balaban J connectivity index is 0. The summed E-state index contributed by atoms with van der Waals surface area (Å²) in [7, 11) is 0. The standard InChI is InChI=1S/Pb.3H2S.Sb.5H/h;3*1H2;;;;;;. The third-order valence-electron chi connectivity index (χ3n) is 0. The Labute approximate surface area is 90.8 Å². The summed E-state index contributed by atoms with van der Waals surface area (Å²) < 4.78 is 0. The molecule has 0 amide bonds. The first-order chi connectivity index (χ1) is 0. The monoisotopic (exact) mass is 436 g/mol. The average molecular weight is 436 g/mol. The van der Waals surface area contributed by atoms with E-state index in [4.69, 9.17) is 0 Å². The van der Waals surface area contributed by atoms with Crippen LogP contribution in [0.3, 0.4) is 0 Å². The van der Waals surface area contributed by atoms with Crippen LogP contribution in [-0.2, 0) is 0 Å². The molecule has 0 N–H and O–H groups in total. The second-order valence-corrected chi connectivity index (χ2v) is 0. The first kappa shape index (κ1) is 46.1. The van der Waals surface area contributed by atoms with E-state index in [1.807, 2.05) is 0 Å². The molecule has 0 atom stereocenters. The molecule has 0 aromatic heterocycles. The topological polar surface area (TPSA) is 0 Å². The Morgan fingerprint density at radius 2 is 0.600 bits per heavy atom. The average Bonchev–Trinajstić information content (AvgIpc) is 0. The summed E-state index contributed by atoms with van der Waals surface area (Å²) >= 11 is 0. The quantitative estimate of drug-likeness (QED) is 0.395. The molecule has 0 spiro atoms. The van der Waals surface area contributed by atoms with Gasteiger partial charge in [-0.15, -0.1) is 0 Å². The minimum atomic E-state index is 0. The van der Waals surface area contributed by atoms with Crippen molar-refractivity contribution < 1.29 is 0 Å². The second-order valence-electron chi connectivity index (χ2n) is 0. The first-order valence-electron chi connectivity index (χ1n) is 0. The predicted molar refractivity (Wildman–Crippen MR) is 49.6 cm³/mol. The van der Waals surface area contributed by atoms with Crippen LogP contribution in [0.2, 0.25) is 0 Å². The Morgan fingerprint density at radius 1 is 0.600 bits per heavy atom. The van der Waals surface area contributed by atoms with Crippen molar-refractivity contribution in [3.63, 3.8) is 0 Å². The molecule has 0 heterocycles. The van der Waals surface area contributed by atoms with E-state index >= 15 is 0 Å². The molecule has 0 aliphatic rings. The van der Waals surface area contributed by atoms with Gasteiger partial charge >= 0.3 is 51.7 Å². The molecule has 0 aliphatic carbocycles. The molecule has 0 aromatic carbocycles. The van der Waals surface area contributed by atoms with Crippen LogP contribution < -0.4 is 0 Å². The molecule has 5 heteroatoms. The molecule has 0 unspecified atom stereocenters. The zero-order chi connectivity index (χ0) is 0. The van der Waals surface area contributed by atoms with E-state index in [1.165, 1.54) is 0 Å². The summed E-state index contributed by atoms with van der Waals surface area (Å²) in [6.45, 7) is 0. The number of rotatable bonds is 0. The second kappa shape index (κ2) is 29.2. The first-order valence-corrected chi connectivity index (χ1v) is 0. The van der Waals surface area contributed by atoms with Crippen molar-refractivity contribution in [1.82, 2.24) is 0 Å². The Kier molecular flexibility index (Phi) is 270. The van der Waals surface area contributed by atoms with Gasteiger partial charge in [-0.1, -0.05) is 0 Å². The molecule has 0 saturated carbocycles. The normalized spacial score (nSPS) is 0. The van der Waals surface area contributed by atoms with Crippen LogP contribution in [0.25, 0.3) is 0 Å². The SMILES string of the molecule is S.S.S.[PbH2].[SbH3]. The van der Waals surface area contributed by atoms with Gasteiger partial charge in [-0.05, 0) is 0 Å². The van der Waals surface area contributed by atoms with Crippen LogP contribution in [0.5, 0.6) is 0 Å². The molecular formula is H11PbS3Sb. The third kappa shape index (κ3) is 20.0. The molecular weight excluding hydrogens is 425 g/mol. The molecule has 0 aliphatic heterocycles. The zero-order valence-electron chi connectivity index (χ0n) is 2.91. The van der Waals surface area contributed by atoms with Crippen LogP contribution in [0, 0.1) is 0 Å². The Hall–Kier alpha value is 2.79. The van der Waals surface area contributed by atoms with Crippen molar-refractivity contribution in [3.8, 4) is 0 Å².